The molecular weight excluding hydrogens is 278 g/mol. The highest BCUT2D eigenvalue weighted by molar-refractivity contribution is 5.99. The molecular formula is C17H19N3O2. The third-order valence-corrected chi connectivity index (χ3v) is 3.01. The van der Waals surface area contributed by atoms with Gasteiger partial charge in [-0.2, -0.15) is 0 Å². The quantitative estimate of drug-likeness (QED) is 0.888. The molecule has 2 aromatic rings. The maximum absolute atomic E-state index is 12.2. The predicted octanol–water partition coefficient (Wildman–Crippen LogP) is 2.15. The van der Waals surface area contributed by atoms with Gasteiger partial charge >= 0.3 is 0 Å². The summed E-state index contributed by atoms with van der Waals surface area (Å²) in [5.74, 6) is -0.394. The Bertz CT molecular complexity index is 654. The molecule has 1 heterocycles. The molecule has 2 rings (SSSR count). The number of hydrogen-bond acceptors (Lipinski definition) is 3. The zero-order chi connectivity index (χ0) is 15.9. The molecule has 1 aromatic carbocycles. The van der Waals surface area contributed by atoms with Crippen molar-refractivity contribution >= 4 is 11.8 Å². The number of nitrogens with zero attached hydrogens (tertiary/aromatic N) is 1. The number of rotatable bonds is 5. The highest BCUT2D eigenvalue weighted by Crippen LogP contribution is 2.06. The Morgan fingerprint density at radius 2 is 1.68 bits per heavy atom. The molecule has 1 aromatic heterocycles. The van der Waals surface area contributed by atoms with E-state index in [1.807, 2.05) is 26.0 Å². The molecule has 5 nitrogen and oxygen atoms in total. The molecule has 0 saturated carbocycles. The lowest BCUT2D eigenvalue weighted by Crippen LogP contribution is -2.30. The van der Waals surface area contributed by atoms with Crippen LogP contribution in [0.25, 0.3) is 0 Å². The number of carbonyl (C=O) groups excluding carboxylic acids is 2. The van der Waals surface area contributed by atoms with Gasteiger partial charge in [0, 0.05) is 36.1 Å². The van der Waals surface area contributed by atoms with Crippen LogP contribution in [0.4, 0.5) is 0 Å². The zero-order valence-electron chi connectivity index (χ0n) is 12.7. The van der Waals surface area contributed by atoms with Gasteiger partial charge in [-0.15, -0.1) is 0 Å². The summed E-state index contributed by atoms with van der Waals surface area (Å²) in [7, 11) is 0. The van der Waals surface area contributed by atoms with Gasteiger partial charge in [0.25, 0.3) is 11.8 Å². The summed E-state index contributed by atoms with van der Waals surface area (Å²) in [6.07, 6.45) is 3.36. The van der Waals surface area contributed by atoms with Crippen LogP contribution in [0.1, 0.15) is 40.1 Å². The Morgan fingerprint density at radius 1 is 1.05 bits per heavy atom. The van der Waals surface area contributed by atoms with Gasteiger partial charge in [-0.3, -0.25) is 14.6 Å². The SMILES string of the molecule is CC(C)NC(=O)c1cccc(C(=O)NCc2ccncc2)c1. The van der Waals surface area contributed by atoms with E-state index in [4.69, 9.17) is 0 Å². The minimum atomic E-state index is -0.212. The fourth-order valence-electron chi connectivity index (χ4n) is 1.93. The Morgan fingerprint density at radius 3 is 2.32 bits per heavy atom. The van der Waals surface area contributed by atoms with Gasteiger partial charge in [-0.05, 0) is 49.7 Å². The Kier molecular flexibility index (Phi) is 5.25. The minimum absolute atomic E-state index is 0.0525. The molecule has 0 bridgehead atoms. The van der Waals surface area contributed by atoms with E-state index < -0.39 is 0 Å². The second-order valence-corrected chi connectivity index (χ2v) is 5.25. The van der Waals surface area contributed by atoms with Crippen molar-refractivity contribution in [3.8, 4) is 0 Å². The molecule has 5 heteroatoms. The Hall–Kier alpha value is -2.69. The van der Waals surface area contributed by atoms with Crippen molar-refractivity contribution in [2.24, 2.45) is 0 Å². The summed E-state index contributed by atoms with van der Waals surface area (Å²) < 4.78 is 0. The number of nitrogens with one attached hydrogen (secondary N) is 2. The van der Waals surface area contributed by atoms with Crippen LogP contribution in [0.5, 0.6) is 0 Å². The summed E-state index contributed by atoms with van der Waals surface area (Å²) in [6.45, 7) is 4.20. The van der Waals surface area contributed by atoms with Crippen LogP contribution in [0.3, 0.4) is 0 Å². The van der Waals surface area contributed by atoms with Gasteiger partial charge in [-0.25, -0.2) is 0 Å². The number of carbonyl (C=O) groups is 2. The van der Waals surface area contributed by atoms with Crippen molar-refractivity contribution < 1.29 is 9.59 Å². The van der Waals surface area contributed by atoms with Crippen molar-refractivity contribution in [3.63, 3.8) is 0 Å². The second kappa shape index (κ2) is 7.36. The summed E-state index contributed by atoms with van der Waals surface area (Å²) in [4.78, 5) is 28.0. The summed E-state index contributed by atoms with van der Waals surface area (Å²) in [5, 5.41) is 5.63. The summed E-state index contributed by atoms with van der Waals surface area (Å²) in [6, 6.07) is 10.4. The summed E-state index contributed by atoms with van der Waals surface area (Å²) in [5.41, 5.74) is 1.91. The van der Waals surface area contributed by atoms with Gasteiger partial charge < -0.3 is 10.6 Å². The monoisotopic (exact) mass is 297 g/mol. The number of benzene rings is 1. The van der Waals surface area contributed by atoms with Crippen LogP contribution in [0.2, 0.25) is 0 Å². The Balaban J connectivity index is 2.02. The third kappa shape index (κ3) is 4.41. The molecule has 0 atom stereocenters. The number of aromatic nitrogens is 1. The number of amides is 2. The van der Waals surface area contributed by atoms with Crippen molar-refractivity contribution in [3.05, 3.63) is 65.5 Å². The standard InChI is InChI=1S/C17H19N3O2/c1-12(2)20-17(22)15-5-3-4-14(10-15)16(21)19-11-13-6-8-18-9-7-13/h3-10,12H,11H2,1-2H3,(H,19,21)(H,20,22). The van der Waals surface area contributed by atoms with Crippen molar-refractivity contribution in [1.82, 2.24) is 15.6 Å². The first kappa shape index (κ1) is 15.7. The van der Waals surface area contributed by atoms with E-state index in [1.165, 1.54) is 0 Å². The minimum Gasteiger partial charge on any atom is -0.350 e. The fraction of sp³-hybridized carbons (Fsp3) is 0.235. The molecule has 0 radical (unpaired) electrons. The highest BCUT2D eigenvalue weighted by atomic mass is 16.2. The van der Waals surface area contributed by atoms with Crippen LogP contribution in [0.15, 0.2) is 48.8 Å². The van der Waals surface area contributed by atoms with E-state index in [1.54, 1.807) is 36.7 Å². The topological polar surface area (TPSA) is 71.1 Å². The molecule has 2 N–H and O–H groups in total. The first-order valence-electron chi connectivity index (χ1n) is 7.14. The van der Waals surface area contributed by atoms with E-state index in [9.17, 15) is 9.59 Å². The molecule has 0 saturated heterocycles. The van der Waals surface area contributed by atoms with Crippen LogP contribution >= 0.6 is 0 Å². The summed E-state index contributed by atoms with van der Waals surface area (Å²) >= 11 is 0. The first-order chi connectivity index (χ1) is 10.6. The van der Waals surface area contributed by atoms with Crippen LogP contribution in [-0.2, 0) is 6.54 Å². The lowest BCUT2D eigenvalue weighted by molar-refractivity contribution is 0.0943. The van der Waals surface area contributed by atoms with Gasteiger partial charge in [0.15, 0.2) is 0 Å². The van der Waals surface area contributed by atoms with Crippen molar-refractivity contribution in [2.45, 2.75) is 26.4 Å². The highest BCUT2D eigenvalue weighted by Gasteiger charge is 2.11. The van der Waals surface area contributed by atoms with Gasteiger partial charge in [-0.1, -0.05) is 6.07 Å². The van der Waals surface area contributed by atoms with Crippen LogP contribution in [0, 0.1) is 0 Å². The van der Waals surface area contributed by atoms with Crippen molar-refractivity contribution in [1.29, 1.82) is 0 Å². The molecule has 2 amide bonds. The molecule has 0 aliphatic heterocycles. The van der Waals surface area contributed by atoms with Crippen molar-refractivity contribution in [2.75, 3.05) is 0 Å². The largest absolute Gasteiger partial charge is 0.350 e. The van der Waals surface area contributed by atoms with Gasteiger partial charge in [0.1, 0.15) is 0 Å². The average Bonchev–Trinajstić information content (AvgIpc) is 2.53. The van der Waals surface area contributed by atoms with E-state index in [0.29, 0.717) is 17.7 Å². The van der Waals surface area contributed by atoms with E-state index in [0.717, 1.165) is 5.56 Å². The molecule has 114 valence electrons. The Labute approximate surface area is 129 Å². The van der Waals surface area contributed by atoms with E-state index in [-0.39, 0.29) is 17.9 Å². The fourth-order valence-corrected chi connectivity index (χ4v) is 1.93. The normalized spacial score (nSPS) is 10.3. The lowest BCUT2D eigenvalue weighted by Gasteiger charge is -2.10. The third-order valence-electron chi connectivity index (χ3n) is 3.01. The maximum Gasteiger partial charge on any atom is 0.251 e. The first-order valence-corrected chi connectivity index (χ1v) is 7.14. The van der Waals surface area contributed by atoms with E-state index >= 15 is 0 Å². The van der Waals surface area contributed by atoms with Gasteiger partial charge in [0.05, 0.1) is 0 Å². The second-order valence-electron chi connectivity index (χ2n) is 5.25. The van der Waals surface area contributed by atoms with Gasteiger partial charge in [0.2, 0.25) is 0 Å². The van der Waals surface area contributed by atoms with Crippen LogP contribution in [-0.4, -0.2) is 22.8 Å². The molecule has 0 aliphatic carbocycles. The molecule has 22 heavy (non-hydrogen) atoms. The number of hydrogen-bond donors (Lipinski definition) is 2. The zero-order valence-corrected chi connectivity index (χ0v) is 12.7. The van der Waals surface area contributed by atoms with Crippen LogP contribution < -0.4 is 10.6 Å². The molecule has 0 spiro atoms. The predicted molar refractivity (Wildman–Crippen MR) is 84.5 cm³/mol. The maximum atomic E-state index is 12.2. The average molecular weight is 297 g/mol. The smallest absolute Gasteiger partial charge is 0.251 e. The number of pyridine rings is 1. The lowest BCUT2D eigenvalue weighted by atomic mass is 10.1. The molecule has 0 unspecified atom stereocenters. The van der Waals surface area contributed by atoms with E-state index in [2.05, 4.69) is 15.6 Å². The molecule has 0 fully saturated rings. The molecule has 0 aliphatic rings.